The number of carbonyl (C=O) groups excluding carboxylic acids is 1. The van der Waals surface area contributed by atoms with Crippen LogP contribution in [-0.2, 0) is 9.53 Å². The summed E-state index contributed by atoms with van der Waals surface area (Å²) in [5.41, 5.74) is 5.57. The van der Waals surface area contributed by atoms with Crippen molar-refractivity contribution in [2.24, 2.45) is 11.1 Å². The Morgan fingerprint density at radius 3 is 2.76 bits per heavy atom. The van der Waals surface area contributed by atoms with E-state index < -0.39 is 5.41 Å². The van der Waals surface area contributed by atoms with Gasteiger partial charge in [-0.05, 0) is 19.8 Å². The molecule has 1 fully saturated rings. The van der Waals surface area contributed by atoms with Gasteiger partial charge in [-0.2, -0.15) is 0 Å². The summed E-state index contributed by atoms with van der Waals surface area (Å²) < 4.78 is 4.98. The van der Waals surface area contributed by atoms with Crippen LogP contribution in [0.25, 0.3) is 0 Å². The highest BCUT2D eigenvalue weighted by Gasteiger charge is 2.44. The summed E-state index contributed by atoms with van der Waals surface area (Å²) >= 11 is 0. The molecule has 0 bridgehead atoms. The highest BCUT2D eigenvalue weighted by molar-refractivity contribution is 5.83. The Labute approximate surface area is 103 Å². The molecule has 1 amide bonds. The van der Waals surface area contributed by atoms with E-state index in [1.165, 1.54) is 0 Å². The highest BCUT2D eigenvalue weighted by Crippen LogP contribution is 2.38. The molecule has 2 atom stereocenters. The van der Waals surface area contributed by atoms with Gasteiger partial charge in [0.15, 0.2) is 0 Å². The predicted octanol–water partition coefficient (Wildman–Crippen LogP) is -0.0288. The lowest BCUT2D eigenvalue weighted by atomic mass is 9.83. The van der Waals surface area contributed by atoms with Crippen LogP contribution >= 0.6 is 0 Å². The molecule has 1 aliphatic rings. The Morgan fingerprint density at radius 1 is 1.59 bits per heavy atom. The van der Waals surface area contributed by atoms with Crippen molar-refractivity contribution in [3.05, 3.63) is 0 Å². The Hall–Kier alpha value is -0.650. The van der Waals surface area contributed by atoms with Gasteiger partial charge in [0.25, 0.3) is 0 Å². The van der Waals surface area contributed by atoms with E-state index in [0.29, 0.717) is 19.7 Å². The van der Waals surface area contributed by atoms with Crippen LogP contribution in [0.2, 0.25) is 0 Å². The van der Waals surface area contributed by atoms with Gasteiger partial charge >= 0.3 is 0 Å². The van der Waals surface area contributed by atoms with Gasteiger partial charge < -0.3 is 20.5 Å². The summed E-state index contributed by atoms with van der Waals surface area (Å²) in [7, 11) is 1.60. The Kier molecular flexibility index (Phi) is 5.36. The predicted molar refractivity (Wildman–Crippen MR) is 65.5 cm³/mol. The second-order valence-corrected chi connectivity index (χ2v) is 4.92. The maximum Gasteiger partial charge on any atom is 0.230 e. The summed E-state index contributed by atoms with van der Waals surface area (Å²) in [6, 6.07) is -0.0706. The first kappa shape index (κ1) is 14.4. The standard InChI is InChI=1S/C12H24N2O3/c1-12(5-3-4-10(12)13)11(16)14(6-8-15)7-9-17-2/h10,15H,3-9,13H2,1-2H3. The molecule has 1 saturated carbocycles. The van der Waals surface area contributed by atoms with Crippen molar-refractivity contribution in [3.8, 4) is 0 Å². The van der Waals surface area contributed by atoms with Crippen LogP contribution < -0.4 is 5.73 Å². The first-order valence-electron chi connectivity index (χ1n) is 6.21. The number of hydrogen-bond donors (Lipinski definition) is 2. The Bertz CT molecular complexity index is 260. The monoisotopic (exact) mass is 244 g/mol. The number of carbonyl (C=O) groups is 1. The van der Waals surface area contributed by atoms with Crippen LogP contribution in [0, 0.1) is 5.41 Å². The molecule has 5 heteroatoms. The van der Waals surface area contributed by atoms with Gasteiger partial charge in [0.05, 0.1) is 18.6 Å². The van der Waals surface area contributed by atoms with E-state index in [1.54, 1.807) is 12.0 Å². The molecule has 2 unspecified atom stereocenters. The first-order valence-corrected chi connectivity index (χ1v) is 6.21. The number of hydrogen-bond acceptors (Lipinski definition) is 4. The third-order valence-electron chi connectivity index (χ3n) is 3.74. The fourth-order valence-electron chi connectivity index (χ4n) is 2.46. The number of aliphatic hydroxyl groups excluding tert-OH is 1. The van der Waals surface area contributed by atoms with Gasteiger partial charge in [-0.1, -0.05) is 6.42 Å². The number of rotatable bonds is 6. The van der Waals surface area contributed by atoms with Crippen molar-refractivity contribution in [2.75, 3.05) is 33.4 Å². The zero-order chi connectivity index (χ0) is 12.9. The molecule has 0 saturated heterocycles. The second kappa shape index (κ2) is 6.33. The SMILES string of the molecule is COCCN(CCO)C(=O)C1(C)CCCC1N. The van der Waals surface area contributed by atoms with Crippen molar-refractivity contribution in [3.63, 3.8) is 0 Å². The van der Waals surface area contributed by atoms with E-state index >= 15 is 0 Å². The van der Waals surface area contributed by atoms with Crippen LogP contribution in [0.1, 0.15) is 26.2 Å². The summed E-state index contributed by atoms with van der Waals surface area (Å²) in [6.07, 6.45) is 2.74. The minimum absolute atomic E-state index is 0.0270. The average molecular weight is 244 g/mol. The topological polar surface area (TPSA) is 75.8 Å². The van der Waals surface area contributed by atoms with Gasteiger partial charge in [-0.15, -0.1) is 0 Å². The lowest BCUT2D eigenvalue weighted by molar-refractivity contribution is -0.142. The highest BCUT2D eigenvalue weighted by atomic mass is 16.5. The zero-order valence-corrected chi connectivity index (χ0v) is 10.8. The van der Waals surface area contributed by atoms with Gasteiger partial charge in [0.1, 0.15) is 0 Å². The summed E-state index contributed by atoms with van der Waals surface area (Å²) in [5.74, 6) is 0.0496. The quantitative estimate of drug-likeness (QED) is 0.688. The second-order valence-electron chi connectivity index (χ2n) is 4.92. The maximum atomic E-state index is 12.5. The number of nitrogens with zero attached hydrogens (tertiary/aromatic N) is 1. The van der Waals surface area contributed by atoms with E-state index in [2.05, 4.69) is 0 Å². The van der Waals surface area contributed by atoms with Crippen molar-refractivity contribution >= 4 is 5.91 Å². The van der Waals surface area contributed by atoms with E-state index in [9.17, 15) is 4.79 Å². The maximum absolute atomic E-state index is 12.5. The smallest absolute Gasteiger partial charge is 0.230 e. The number of nitrogens with two attached hydrogens (primary N) is 1. The summed E-state index contributed by atoms with van der Waals surface area (Å²) in [4.78, 5) is 14.1. The molecule has 100 valence electrons. The largest absolute Gasteiger partial charge is 0.395 e. The van der Waals surface area contributed by atoms with Crippen LogP contribution in [-0.4, -0.2) is 55.4 Å². The molecule has 0 spiro atoms. The fourth-order valence-corrected chi connectivity index (χ4v) is 2.46. The van der Waals surface area contributed by atoms with Crippen LogP contribution in [0.5, 0.6) is 0 Å². The number of ether oxygens (including phenoxy) is 1. The van der Waals surface area contributed by atoms with Gasteiger partial charge in [-0.25, -0.2) is 0 Å². The van der Waals surface area contributed by atoms with Crippen molar-refractivity contribution in [2.45, 2.75) is 32.2 Å². The lowest BCUT2D eigenvalue weighted by Crippen LogP contribution is -2.50. The van der Waals surface area contributed by atoms with E-state index in [4.69, 9.17) is 15.6 Å². The Morgan fingerprint density at radius 2 is 2.29 bits per heavy atom. The molecule has 0 aromatic carbocycles. The van der Waals surface area contributed by atoms with Crippen LogP contribution in [0.4, 0.5) is 0 Å². The van der Waals surface area contributed by atoms with E-state index in [1.807, 2.05) is 6.92 Å². The zero-order valence-electron chi connectivity index (χ0n) is 10.8. The lowest BCUT2D eigenvalue weighted by Gasteiger charge is -2.34. The third-order valence-corrected chi connectivity index (χ3v) is 3.74. The summed E-state index contributed by atoms with van der Waals surface area (Å²) in [5, 5.41) is 9.01. The molecular formula is C12H24N2O3. The van der Waals surface area contributed by atoms with Gasteiger partial charge in [0.2, 0.25) is 5.91 Å². The van der Waals surface area contributed by atoms with Crippen molar-refractivity contribution in [1.82, 2.24) is 4.90 Å². The van der Waals surface area contributed by atoms with Gasteiger partial charge in [-0.3, -0.25) is 4.79 Å². The summed E-state index contributed by atoms with van der Waals surface area (Å²) in [6.45, 7) is 3.25. The molecule has 0 heterocycles. The molecule has 5 nitrogen and oxygen atoms in total. The first-order chi connectivity index (χ1) is 8.06. The Balaban J connectivity index is 2.68. The number of amides is 1. The minimum atomic E-state index is -0.469. The molecule has 0 aromatic rings. The third kappa shape index (κ3) is 3.18. The fraction of sp³-hybridized carbons (Fsp3) is 0.917. The van der Waals surface area contributed by atoms with Gasteiger partial charge in [0, 0.05) is 26.2 Å². The van der Waals surface area contributed by atoms with Crippen molar-refractivity contribution < 1.29 is 14.6 Å². The number of aliphatic hydroxyl groups is 1. The molecule has 0 aromatic heterocycles. The minimum Gasteiger partial charge on any atom is -0.395 e. The van der Waals surface area contributed by atoms with Crippen molar-refractivity contribution in [1.29, 1.82) is 0 Å². The molecule has 17 heavy (non-hydrogen) atoms. The molecule has 1 aliphatic carbocycles. The van der Waals surface area contributed by atoms with E-state index in [0.717, 1.165) is 19.3 Å². The molecule has 1 rings (SSSR count). The molecule has 3 N–H and O–H groups in total. The molecule has 0 radical (unpaired) electrons. The molecular weight excluding hydrogens is 220 g/mol. The van der Waals surface area contributed by atoms with Crippen LogP contribution in [0.3, 0.4) is 0 Å². The van der Waals surface area contributed by atoms with Crippen LogP contribution in [0.15, 0.2) is 0 Å². The van der Waals surface area contributed by atoms with E-state index in [-0.39, 0.29) is 18.6 Å². The normalized spacial score (nSPS) is 28.4. The number of methoxy groups -OCH3 is 1. The molecule has 0 aliphatic heterocycles. The average Bonchev–Trinajstić information content (AvgIpc) is 2.65.